The molecule has 0 amide bonds. The molecule has 0 spiro atoms. The van der Waals surface area contributed by atoms with Crippen molar-refractivity contribution in [2.45, 2.75) is 6.10 Å². The Labute approximate surface area is 83.6 Å². The maximum atomic E-state index is 5.89. The van der Waals surface area contributed by atoms with E-state index in [1.54, 1.807) is 5.01 Å². The maximum absolute atomic E-state index is 5.89. The van der Waals surface area contributed by atoms with Crippen molar-refractivity contribution in [3.8, 4) is 5.75 Å². The average molecular weight is 193 g/mol. The zero-order valence-corrected chi connectivity index (χ0v) is 8.23. The summed E-state index contributed by atoms with van der Waals surface area (Å²) in [5.41, 5.74) is 0.958. The third-order valence-electron chi connectivity index (χ3n) is 2.30. The van der Waals surface area contributed by atoms with E-state index in [2.05, 4.69) is 5.32 Å². The van der Waals surface area contributed by atoms with Crippen LogP contribution in [0.25, 0.3) is 0 Å². The first kappa shape index (κ1) is 9.30. The third-order valence-corrected chi connectivity index (χ3v) is 2.30. The van der Waals surface area contributed by atoms with Gasteiger partial charge < -0.3 is 15.1 Å². The number of nitrogens with one attached hydrogen (secondary N) is 1. The molecule has 3 N–H and O–H groups in total. The molecule has 0 fully saturated rings. The summed E-state index contributed by atoms with van der Waals surface area (Å²) in [6.45, 7) is 1.53. The Morgan fingerprint density at radius 3 is 3.14 bits per heavy atom. The first-order valence-corrected chi connectivity index (χ1v) is 4.74. The van der Waals surface area contributed by atoms with E-state index in [0.717, 1.165) is 24.5 Å². The van der Waals surface area contributed by atoms with Crippen molar-refractivity contribution in [2.75, 3.05) is 25.1 Å². The van der Waals surface area contributed by atoms with E-state index in [1.165, 1.54) is 0 Å². The molecule has 4 nitrogen and oxygen atoms in total. The smallest absolute Gasteiger partial charge is 0.144 e. The van der Waals surface area contributed by atoms with Gasteiger partial charge in [-0.2, -0.15) is 0 Å². The van der Waals surface area contributed by atoms with Gasteiger partial charge in [-0.05, 0) is 19.2 Å². The van der Waals surface area contributed by atoms with Crippen LogP contribution >= 0.6 is 0 Å². The van der Waals surface area contributed by atoms with Gasteiger partial charge in [-0.25, -0.2) is 5.84 Å². The Kier molecular flexibility index (Phi) is 2.56. The molecule has 2 rings (SSSR count). The van der Waals surface area contributed by atoms with Gasteiger partial charge in [-0.15, -0.1) is 0 Å². The number of hydrazine groups is 1. The minimum Gasteiger partial charge on any atom is -0.485 e. The number of hydrogen-bond acceptors (Lipinski definition) is 4. The number of likely N-dealkylation sites (N-methyl/N-ethyl adjacent to an activating group) is 1. The molecule has 1 aromatic rings. The van der Waals surface area contributed by atoms with E-state index in [1.807, 2.05) is 31.3 Å². The van der Waals surface area contributed by atoms with Crippen LogP contribution in [0.5, 0.6) is 5.75 Å². The van der Waals surface area contributed by atoms with E-state index in [0.29, 0.717) is 0 Å². The molecular weight excluding hydrogens is 178 g/mol. The Morgan fingerprint density at radius 1 is 1.57 bits per heavy atom. The highest BCUT2D eigenvalue weighted by Crippen LogP contribution is 2.30. The fraction of sp³-hybridized carbons (Fsp3) is 0.400. The number of ether oxygens (including phenoxy) is 1. The van der Waals surface area contributed by atoms with E-state index >= 15 is 0 Å². The second kappa shape index (κ2) is 3.86. The van der Waals surface area contributed by atoms with Crippen molar-refractivity contribution >= 4 is 5.69 Å². The molecular formula is C10H15N3O. The fourth-order valence-electron chi connectivity index (χ4n) is 1.66. The molecule has 4 heteroatoms. The van der Waals surface area contributed by atoms with Crippen molar-refractivity contribution in [2.24, 2.45) is 5.84 Å². The molecule has 1 aliphatic heterocycles. The van der Waals surface area contributed by atoms with Crippen LogP contribution in [0.1, 0.15) is 0 Å². The predicted molar refractivity (Wildman–Crippen MR) is 56.3 cm³/mol. The van der Waals surface area contributed by atoms with Crippen LogP contribution in [0.2, 0.25) is 0 Å². The monoisotopic (exact) mass is 193 g/mol. The highest BCUT2D eigenvalue weighted by Gasteiger charge is 2.22. The van der Waals surface area contributed by atoms with Crippen LogP contribution in [-0.2, 0) is 0 Å². The minimum absolute atomic E-state index is 0.125. The molecule has 0 saturated heterocycles. The van der Waals surface area contributed by atoms with E-state index in [-0.39, 0.29) is 6.10 Å². The van der Waals surface area contributed by atoms with Crippen molar-refractivity contribution < 1.29 is 4.74 Å². The molecule has 0 aliphatic carbocycles. The lowest BCUT2D eigenvalue weighted by Crippen LogP contribution is -2.47. The van der Waals surface area contributed by atoms with Gasteiger partial charge >= 0.3 is 0 Å². The van der Waals surface area contributed by atoms with E-state index in [4.69, 9.17) is 10.6 Å². The second-order valence-corrected chi connectivity index (χ2v) is 3.42. The summed E-state index contributed by atoms with van der Waals surface area (Å²) in [5.74, 6) is 6.76. The molecule has 0 aromatic heterocycles. The number of nitrogens with two attached hydrogens (primary N) is 1. The lowest BCUT2D eigenvalue weighted by molar-refractivity contribution is 0.193. The topological polar surface area (TPSA) is 50.5 Å². The van der Waals surface area contributed by atoms with Crippen molar-refractivity contribution in [3.05, 3.63) is 24.3 Å². The van der Waals surface area contributed by atoms with E-state index in [9.17, 15) is 0 Å². The van der Waals surface area contributed by atoms with Gasteiger partial charge in [0.2, 0.25) is 0 Å². The van der Waals surface area contributed by atoms with Crippen molar-refractivity contribution in [3.63, 3.8) is 0 Å². The largest absolute Gasteiger partial charge is 0.485 e. The summed E-state index contributed by atoms with van der Waals surface area (Å²) >= 11 is 0. The number of hydrogen-bond donors (Lipinski definition) is 2. The molecule has 1 aliphatic rings. The predicted octanol–water partition coefficient (Wildman–Crippen LogP) is 0.347. The number of anilines is 1. The SMILES string of the molecule is CNCC1CN(N)c2ccccc2O1. The van der Waals surface area contributed by atoms with Crippen LogP contribution in [0, 0.1) is 0 Å². The summed E-state index contributed by atoms with van der Waals surface area (Å²) in [5, 5.41) is 4.82. The van der Waals surface area contributed by atoms with Gasteiger partial charge in [0.05, 0.1) is 12.2 Å². The molecule has 0 saturated carbocycles. The number of rotatable bonds is 2. The van der Waals surface area contributed by atoms with Crippen molar-refractivity contribution in [1.82, 2.24) is 5.32 Å². The average Bonchev–Trinajstić information content (AvgIpc) is 2.18. The van der Waals surface area contributed by atoms with Crippen LogP contribution < -0.4 is 20.9 Å². The molecule has 76 valence electrons. The van der Waals surface area contributed by atoms with Gasteiger partial charge in [0.1, 0.15) is 11.9 Å². The summed E-state index contributed by atoms with van der Waals surface area (Å²) in [6, 6.07) is 7.82. The Bertz CT molecular complexity index is 316. The third kappa shape index (κ3) is 1.66. The summed E-state index contributed by atoms with van der Waals surface area (Å²) in [4.78, 5) is 0. The summed E-state index contributed by atoms with van der Waals surface area (Å²) < 4.78 is 5.76. The maximum Gasteiger partial charge on any atom is 0.144 e. The normalized spacial score (nSPS) is 20.1. The number of benzene rings is 1. The molecule has 1 aromatic carbocycles. The number of nitrogens with zero attached hydrogens (tertiary/aromatic N) is 1. The molecule has 0 bridgehead atoms. The van der Waals surface area contributed by atoms with E-state index < -0.39 is 0 Å². The molecule has 0 radical (unpaired) electrons. The van der Waals surface area contributed by atoms with Gasteiger partial charge in [0.15, 0.2) is 0 Å². The summed E-state index contributed by atoms with van der Waals surface area (Å²) in [7, 11) is 1.91. The number of fused-ring (bicyclic) bond motifs is 1. The fourth-order valence-corrected chi connectivity index (χ4v) is 1.66. The van der Waals surface area contributed by atoms with Crippen LogP contribution in [0.3, 0.4) is 0 Å². The molecule has 1 atom stereocenters. The first-order valence-electron chi connectivity index (χ1n) is 4.74. The van der Waals surface area contributed by atoms with Gasteiger partial charge in [0.25, 0.3) is 0 Å². The zero-order chi connectivity index (χ0) is 9.97. The summed E-state index contributed by atoms with van der Waals surface area (Å²) in [6.07, 6.45) is 0.125. The standard InChI is InChI=1S/C10H15N3O/c1-12-6-8-7-13(11)9-4-2-3-5-10(9)14-8/h2-5,8,12H,6-7,11H2,1H3. The van der Waals surface area contributed by atoms with Crippen LogP contribution in [0.15, 0.2) is 24.3 Å². The number of para-hydroxylation sites is 2. The Balaban J connectivity index is 2.20. The Hall–Kier alpha value is -1.26. The molecule has 1 unspecified atom stereocenters. The highest BCUT2D eigenvalue weighted by atomic mass is 16.5. The highest BCUT2D eigenvalue weighted by molar-refractivity contribution is 5.58. The first-order chi connectivity index (χ1) is 6.81. The van der Waals surface area contributed by atoms with Gasteiger partial charge in [0, 0.05) is 6.54 Å². The Morgan fingerprint density at radius 2 is 2.36 bits per heavy atom. The molecule has 14 heavy (non-hydrogen) atoms. The second-order valence-electron chi connectivity index (χ2n) is 3.42. The van der Waals surface area contributed by atoms with Crippen LogP contribution in [0.4, 0.5) is 5.69 Å². The van der Waals surface area contributed by atoms with Crippen molar-refractivity contribution in [1.29, 1.82) is 0 Å². The van der Waals surface area contributed by atoms with Crippen LogP contribution in [-0.4, -0.2) is 26.2 Å². The lowest BCUT2D eigenvalue weighted by Gasteiger charge is -2.33. The molecule has 1 heterocycles. The van der Waals surface area contributed by atoms with Gasteiger partial charge in [-0.1, -0.05) is 12.1 Å². The zero-order valence-electron chi connectivity index (χ0n) is 8.23. The van der Waals surface area contributed by atoms with Gasteiger partial charge in [-0.3, -0.25) is 0 Å². The quantitative estimate of drug-likeness (QED) is 0.665. The minimum atomic E-state index is 0.125. The lowest BCUT2D eigenvalue weighted by atomic mass is 10.2.